The van der Waals surface area contributed by atoms with Crippen LogP contribution in [0.5, 0.6) is 0 Å². The average Bonchev–Trinajstić information content (AvgIpc) is 2.68. The summed E-state index contributed by atoms with van der Waals surface area (Å²) in [5.74, 6) is 0.564. The van der Waals surface area contributed by atoms with Gasteiger partial charge in [-0.15, -0.1) is 0 Å². The fraction of sp³-hybridized carbons (Fsp3) is 0.467. The summed E-state index contributed by atoms with van der Waals surface area (Å²) in [4.78, 5) is 5.93. The van der Waals surface area contributed by atoms with Crippen LogP contribution < -0.4 is 0 Å². The molecule has 0 radical (unpaired) electrons. The largest absolute Gasteiger partial charge is 0.295 e. The van der Waals surface area contributed by atoms with Gasteiger partial charge in [-0.2, -0.15) is 5.06 Å². The summed E-state index contributed by atoms with van der Waals surface area (Å²) in [6.07, 6.45) is 8.46. The molecule has 3 atom stereocenters. The molecule has 0 spiro atoms. The highest BCUT2D eigenvalue weighted by Gasteiger charge is 2.40. The van der Waals surface area contributed by atoms with Crippen molar-refractivity contribution in [2.24, 2.45) is 5.92 Å². The van der Waals surface area contributed by atoms with E-state index in [1.165, 1.54) is 5.56 Å². The van der Waals surface area contributed by atoms with Crippen molar-refractivity contribution in [2.45, 2.75) is 31.4 Å². The van der Waals surface area contributed by atoms with Gasteiger partial charge in [-0.1, -0.05) is 42.5 Å². The molecule has 1 heterocycles. The summed E-state index contributed by atoms with van der Waals surface area (Å²) in [6, 6.07) is 11.2. The quantitative estimate of drug-likeness (QED) is 0.723. The van der Waals surface area contributed by atoms with Crippen LogP contribution in [0.15, 0.2) is 42.5 Å². The van der Waals surface area contributed by atoms with Gasteiger partial charge in [0.25, 0.3) is 0 Å². The van der Waals surface area contributed by atoms with Crippen molar-refractivity contribution >= 4 is 0 Å². The lowest BCUT2D eigenvalue weighted by Gasteiger charge is -2.22. The Labute approximate surface area is 103 Å². The minimum absolute atomic E-state index is 0.402. The zero-order valence-corrected chi connectivity index (χ0v) is 10.3. The third kappa shape index (κ3) is 2.15. The highest BCUT2D eigenvalue weighted by atomic mass is 16.7. The van der Waals surface area contributed by atoms with Crippen LogP contribution >= 0.6 is 0 Å². The summed E-state index contributed by atoms with van der Waals surface area (Å²) in [6.45, 7) is 0. The van der Waals surface area contributed by atoms with E-state index >= 15 is 0 Å². The van der Waals surface area contributed by atoms with Gasteiger partial charge in [0, 0.05) is 19.0 Å². The predicted octanol–water partition coefficient (Wildman–Crippen LogP) is 2.81. The average molecular weight is 229 g/mol. The zero-order chi connectivity index (χ0) is 11.7. The van der Waals surface area contributed by atoms with Crippen LogP contribution in [0.3, 0.4) is 0 Å². The van der Waals surface area contributed by atoms with E-state index in [4.69, 9.17) is 4.84 Å². The Kier molecular flexibility index (Phi) is 3.00. The Hall–Kier alpha value is -1.12. The van der Waals surface area contributed by atoms with Crippen LogP contribution in [0, 0.1) is 5.92 Å². The first-order valence-electron chi connectivity index (χ1n) is 6.45. The van der Waals surface area contributed by atoms with Crippen molar-refractivity contribution in [3.63, 3.8) is 0 Å². The number of rotatable bonds is 2. The van der Waals surface area contributed by atoms with Crippen LogP contribution in [0.2, 0.25) is 0 Å². The molecule has 1 aromatic carbocycles. The van der Waals surface area contributed by atoms with E-state index in [2.05, 4.69) is 54.6 Å². The Balaban J connectivity index is 1.78. The van der Waals surface area contributed by atoms with Gasteiger partial charge in [0.2, 0.25) is 0 Å². The first kappa shape index (κ1) is 11.0. The molecule has 2 aliphatic rings. The van der Waals surface area contributed by atoms with Crippen molar-refractivity contribution in [3.8, 4) is 0 Å². The van der Waals surface area contributed by atoms with Crippen molar-refractivity contribution < 1.29 is 4.84 Å². The van der Waals surface area contributed by atoms with Gasteiger partial charge in [0.05, 0.1) is 6.10 Å². The molecule has 1 saturated heterocycles. The molecule has 0 aromatic heterocycles. The first-order chi connectivity index (χ1) is 8.34. The molecule has 2 heteroatoms. The molecule has 3 rings (SSSR count). The molecular weight excluding hydrogens is 210 g/mol. The smallest absolute Gasteiger partial charge is 0.0874 e. The molecule has 1 aliphatic carbocycles. The van der Waals surface area contributed by atoms with Gasteiger partial charge in [-0.25, -0.2) is 0 Å². The fourth-order valence-electron chi connectivity index (χ4n) is 2.98. The normalized spacial score (nSPS) is 32.6. The first-order valence-corrected chi connectivity index (χ1v) is 6.45. The second-order valence-electron chi connectivity index (χ2n) is 5.03. The summed E-state index contributed by atoms with van der Waals surface area (Å²) < 4.78 is 0. The molecule has 90 valence electrons. The van der Waals surface area contributed by atoms with Gasteiger partial charge in [-0.3, -0.25) is 4.84 Å². The fourth-order valence-corrected chi connectivity index (χ4v) is 2.98. The van der Waals surface area contributed by atoms with Gasteiger partial charge < -0.3 is 0 Å². The summed E-state index contributed by atoms with van der Waals surface area (Å²) in [5, 5.41) is 2.07. The van der Waals surface area contributed by atoms with Crippen molar-refractivity contribution in [2.75, 3.05) is 7.05 Å². The molecule has 1 unspecified atom stereocenters. The number of allylic oxidation sites excluding steroid dienone is 1. The van der Waals surface area contributed by atoms with Crippen molar-refractivity contribution in [3.05, 3.63) is 48.0 Å². The minimum atomic E-state index is 0.402. The number of hydrogen-bond donors (Lipinski definition) is 0. The van der Waals surface area contributed by atoms with Crippen molar-refractivity contribution in [1.82, 2.24) is 5.06 Å². The topological polar surface area (TPSA) is 12.5 Å². The van der Waals surface area contributed by atoms with Crippen LogP contribution in [0.25, 0.3) is 0 Å². The van der Waals surface area contributed by atoms with Crippen LogP contribution in [-0.4, -0.2) is 24.3 Å². The molecule has 1 aliphatic heterocycles. The van der Waals surface area contributed by atoms with E-state index in [0.717, 1.165) is 19.3 Å². The zero-order valence-electron chi connectivity index (χ0n) is 10.3. The van der Waals surface area contributed by atoms with Crippen LogP contribution in [-0.2, 0) is 11.3 Å². The van der Waals surface area contributed by atoms with E-state index in [1.54, 1.807) is 0 Å². The number of likely N-dealkylation sites (N-methyl/N-ethyl adjacent to an activating group) is 1. The SMILES string of the molecule is CN1OC2CCC=C[C@@H]2[C@H]1Cc1ccccc1. The monoisotopic (exact) mass is 229 g/mol. The van der Waals surface area contributed by atoms with Gasteiger partial charge in [0.1, 0.15) is 0 Å². The predicted molar refractivity (Wildman–Crippen MR) is 68.4 cm³/mol. The molecule has 1 fully saturated rings. The lowest BCUT2D eigenvalue weighted by Crippen LogP contribution is -2.31. The molecular formula is C15H19NO. The Morgan fingerprint density at radius 1 is 1.29 bits per heavy atom. The van der Waals surface area contributed by atoms with Crippen LogP contribution in [0.1, 0.15) is 18.4 Å². The van der Waals surface area contributed by atoms with E-state index in [1.807, 2.05) is 0 Å². The van der Waals surface area contributed by atoms with Gasteiger partial charge in [-0.05, 0) is 24.8 Å². The Morgan fingerprint density at radius 3 is 2.94 bits per heavy atom. The summed E-state index contributed by atoms with van der Waals surface area (Å²) in [7, 11) is 2.07. The molecule has 2 nitrogen and oxygen atoms in total. The maximum absolute atomic E-state index is 5.93. The number of fused-ring (bicyclic) bond motifs is 1. The van der Waals surface area contributed by atoms with Gasteiger partial charge in [0.15, 0.2) is 0 Å². The van der Waals surface area contributed by atoms with E-state index in [0.29, 0.717) is 18.1 Å². The van der Waals surface area contributed by atoms with Crippen LogP contribution in [0.4, 0.5) is 0 Å². The standard InChI is InChI=1S/C15H19NO/c1-16-14(11-12-7-3-2-4-8-12)13-9-5-6-10-15(13)17-16/h2-5,7-9,13-15H,6,10-11H2,1H3/t13-,14-,15?/m1/s1. The van der Waals surface area contributed by atoms with E-state index in [9.17, 15) is 0 Å². The lowest BCUT2D eigenvalue weighted by atomic mass is 9.85. The minimum Gasteiger partial charge on any atom is -0.295 e. The Morgan fingerprint density at radius 2 is 2.12 bits per heavy atom. The van der Waals surface area contributed by atoms with E-state index in [-0.39, 0.29) is 0 Å². The number of nitrogens with zero attached hydrogens (tertiary/aromatic N) is 1. The highest BCUT2D eigenvalue weighted by molar-refractivity contribution is 5.18. The van der Waals surface area contributed by atoms with Gasteiger partial charge >= 0.3 is 0 Å². The second-order valence-corrected chi connectivity index (χ2v) is 5.03. The maximum atomic E-state index is 5.93. The highest BCUT2D eigenvalue weighted by Crippen LogP contribution is 2.34. The Bertz CT molecular complexity index is 401. The summed E-state index contributed by atoms with van der Waals surface area (Å²) >= 11 is 0. The summed E-state index contributed by atoms with van der Waals surface area (Å²) in [5.41, 5.74) is 1.40. The maximum Gasteiger partial charge on any atom is 0.0874 e. The number of benzene rings is 1. The molecule has 1 aromatic rings. The lowest BCUT2D eigenvalue weighted by molar-refractivity contribution is -0.144. The molecule has 0 saturated carbocycles. The molecule has 0 bridgehead atoms. The number of hydrogen-bond acceptors (Lipinski definition) is 2. The molecule has 0 amide bonds. The number of hydroxylamine groups is 2. The second kappa shape index (κ2) is 4.63. The molecule has 17 heavy (non-hydrogen) atoms. The van der Waals surface area contributed by atoms with E-state index < -0.39 is 0 Å². The molecule has 0 N–H and O–H groups in total. The van der Waals surface area contributed by atoms with Crippen molar-refractivity contribution in [1.29, 1.82) is 0 Å². The third-order valence-electron chi connectivity index (χ3n) is 3.91. The third-order valence-corrected chi connectivity index (χ3v) is 3.91.